The molecular weight excluding hydrogens is 567 g/mol. The van der Waals surface area contributed by atoms with Crippen LogP contribution in [0.25, 0.3) is 32.7 Å². The summed E-state index contributed by atoms with van der Waals surface area (Å²) < 4.78 is 0. The standard InChI is InChI=1S/C46H33N/c1-32-20-25-36(26-21-32)46(35-13-4-2-5-14-35)44-19-11-10-18-41(44)43-31-39(28-29-45(43)46)47(37-15-6-3-7-16-37)38-27-24-34-23-22-33-12-8-9-17-40(33)42(34)30-38/h2-31H,1H3. The maximum Gasteiger partial charge on any atom is 0.0713 e. The molecule has 47 heavy (non-hydrogen) atoms. The monoisotopic (exact) mass is 599 g/mol. The summed E-state index contributed by atoms with van der Waals surface area (Å²) in [6.07, 6.45) is 0. The molecule has 0 fully saturated rings. The third-order valence-corrected chi connectivity index (χ3v) is 9.98. The van der Waals surface area contributed by atoms with Crippen molar-refractivity contribution in [3.8, 4) is 11.1 Å². The molecule has 1 heteroatoms. The normalized spacial score (nSPS) is 15.0. The van der Waals surface area contributed by atoms with Crippen molar-refractivity contribution < 1.29 is 0 Å². The van der Waals surface area contributed by atoms with Crippen LogP contribution in [0, 0.1) is 6.92 Å². The van der Waals surface area contributed by atoms with E-state index in [1.165, 1.54) is 60.5 Å². The van der Waals surface area contributed by atoms with Gasteiger partial charge in [0.15, 0.2) is 0 Å². The van der Waals surface area contributed by atoms with Crippen LogP contribution in [0.3, 0.4) is 0 Å². The highest BCUT2D eigenvalue weighted by molar-refractivity contribution is 6.09. The second kappa shape index (κ2) is 10.9. The van der Waals surface area contributed by atoms with Gasteiger partial charge in [0.05, 0.1) is 5.41 Å². The molecule has 0 amide bonds. The van der Waals surface area contributed by atoms with E-state index in [9.17, 15) is 0 Å². The summed E-state index contributed by atoms with van der Waals surface area (Å²) in [5.41, 5.74) is 12.0. The third-order valence-electron chi connectivity index (χ3n) is 9.98. The smallest absolute Gasteiger partial charge is 0.0713 e. The van der Waals surface area contributed by atoms with Gasteiger partial charge < -0.3 is 4.90 Å². The number of hydrogen-bond donors (Lipinski definition) is 0. The Bertz CT molecular complexity index is 2410. The highest BCUT2D eigenvalue weighted by Gasteiger charge is 2.46. The SMILES string of the molecule is Cc1ccc(C2(c3ccccc3)c3ccccc3-c3cc(N(c4ccccc4)c4ccc5ccc6ccccc6c5c4)ccc32)cc1. The molecule has 1 aliphatic carbocycles. The molecule has 1 unspecified atom stereocenters. The Morgan fingerprint density at radius 1 is 0.383 bits per heavy atom. The highest BCUT2D eigenvalue weighted by Crippen LogP contribution is 2.57. The molecule has 8 aromatic rings. The van der Waals surface area contributed by atoms with Crippen molar-refractivity contribution in [1.29, 1.82) is 0 Å². The predicted octanol–water partition coefficient (Wildman–Crippen LogP) is 12.1. The Labute approximate surface area is 276 Å². The third kappa shape index (κ3) is 4.24. The summed E-state index contributed by atoms with van der Waals surface area (Å²) in [5, 5.41) is 5.03. The number of nitrogens with zero attached hydrogens (tertiary/aromatic N) is 1. The van der Waals surface area contributed by atoms with Crippen LogP contribution in [-0.2, 0) is 5.41 Å². The lowest BCUT2D eigenvalue weighted by molar-refractivity contribution is 0.768. The Morgan fingerprint density at radius 3 is 1.77 bits per heavy atom. The Morgan fingerprint density at radius 2 is 0.957 bits per heavy atom. The lowest BCUT2D eigenvalue weighted by Gasteiger charge is -2.34. The van der Waals surface area contributed by atoms with Crippen LogP contribution in [0.1, 0.15) is 27.8 Å². The number of aryl methyl sites for hydroxylation is 1. The van der Waals surface area contributed by atoms with Crippen molar-refractivity contribution in [2.45, 2.75) is 12.3 Å². The fourth-order valence-electron chi connectivity index (χ4n) is 7.85. The molecule has 222 valence electrons. The van der Waals surface area contributed by atoms with Crippen LogP contribution in [-0.4, -0.2) is 0 Å². The van der Waals surface area contributed by atoms with Crippen LogP contribution >= 0.6 is 0 Å². The molecule has 1 nitrogen and oxygen atoms in total. The Kier molecular flexibility index (Phi) is 6.33. The zero-order valence-electron chi connectivity index (χ0n) is 26.3. The largest absolute Gasteiger partial charge is 0.310 e. The van der Waals surface area contributed by atoms with Crippen molar-refractivity contribution >= 4 is 38.6 Å². The minimum atomic E-state index is -0.418. The summed E-state index contributed by atoms with van der Waals surface area (Å²) in [6, 6.07) is 67.0. The quantitative estimate of drug-likeness (QED) is 0.178. The van der Waals surface area contributed by atoms with E-state index < -0.39 is 5.41 Å². The number of benzene rings is 8. The lowest BCUT2D eigenvalue weighted by Crippen LogP contribution is -2.28. The first-order chi connectivity index (χ1) is 23.2. The molecule has 8 aromatic carbocycles. The predicted molar refractivity (Wildman–Crippen MR) is 198 cm³/mol. The van der Waals surface area contributed by atoms with Gasteiger partial charge in [-0.3, -0.25) is 0 Å². The Balaban J connectivity index is 1.30. The van der Waals surface area contributed by atoms with E-state index in [2.05, 4.69) is 194 Å². The second-order valence-corrected chi connectivity index (χ2v) is 12.6. The topological polar surface area (TPSA) is 3.24 Å². The van der Waals surface area contributed by atoms with Crippen molar-refractivity contribution in [2.24, 2.45) is 0 Å². The average molecular weight is 600 g/mol. The molecule has 9 rings (SSSR count). The van der Waals surface area contributed by atoms with Crippen LogP contribution in [0.5, 0.6) is 0 Å². The minimum absolute atomic E-state index is 0.418. The van der Waals surface area contributed by atoms with Gasteiger partial charge in [0.2, 0.25) is 0 Å². The molecule has 0 aliphatic heterocycles. The van der Waals surface area contributed by atoms with Gasteiger partial charge in [-0.25, -0.2) is 0 Å². The summed E-state index contributed by atoms with van der Waals surface area (Å²) in [4.78, 5) is 2.40. The number of para-hydroxylation sites is 1. The molecule has 0 spiro atoms. The van der Waals surface area contributed by atoms with Crippen LogP contribution < -0.4 is 4.90 Å². The van der Waals surface area contributed by atoms with Gasteiger partial charge in [0.25, 0.3) is 0 Å². The number of rotatable bonds is 5. The molecule has 0 bridgehead atoms. The van der Waals surface area contributed by atoms with E-state index in [0.717, 1.165) is 17.1 Å². The van der Waals surface area contributed by atoms with Gasteiger partial charge in [0, 0.05) is 17.1 Å². The zero-order chi connectivity index (χ0) is 31.4. The summed E-state index contributed by atoms with van der Waals surface area (Å²) in [5.74, 6) is 0. The first-order valence-electron chi connectivity index (χ1n) is 16.4. The lowest BCUT2D eigenvalue weighted by atomic mass is 9.67. The second-order valence-electron chi connectivity index (χ2n) is 12.6. The summed E-state index contributed by atoms with van der Waals surface area (Å²) in [7, 11) is 0. The molecular formula is C46H33N. The van der Waals surface area contributed by atoms with Crippen molar-refractivity contribution in [2.75, 3.05) is 4.90 Å². The molecule has 0 N–H and O–H groups in total. The van der Waals surface area contributed by atoms with Gasteiger partial charge in [0.1, 0.15) is 0 Å². The molecule has 1 aliphatic rings. The van der Waals surface area contributed by atoms with E-state index in [4.69, 9.17) is 0 Å². The van der Waals surface area contributed by atoms with E-state index in [1.54, 1.807) is 0 Å². The van der Waals surface area contributed by atoms with Crippen LogP contribution in [0.4, 0.5) is 17.1 Å². The fourth-order valence-corrected chi connectivity index (χ4v) is 7.85. The first-order valence-corrected chi connectivity index (χ1v) is 16.4. The minimum Gasteiger partial charge on any atom is -0.310 e. The van der Waals surface area contributed by atoms with Crippen LogP contribution in [0.15, 0.2) is 182 Å². The van der Waals surface area contributed by atoms with E-state index in [-0.39, 0.29) is 0 Å². The van der Waals surface area contributed by atoms with Crippen molar-refractivity contribution in [3.63, 3.8) is 0 Å². The first kappa shape index (κ1) is 27.4. The highest BCUT2D eigenvalue weighted by atomic mass is 15.1. The zero-order valence-corrected chi connectivity index (χ0v) is 26.3. The van der Waals surface area contributed by atoms with Crippen LogP contribution in [0.2, 0.25) is 0 Å². The van der Waals surface area contributed by atoms with Gasteiger partial charge in [-0.1, -0.05) is 151 Å². The summed E-state index contributed by atoms with van der Waals surface area (Å²) in [6.45, 7) is 2.16. The number of anilines is 3. The molecule has 0 aromatic heterocycles. The van der Waals surface area contributed by atoms with Crippen molar-refractivity contribution in [3.05, 3.63) is 210 Å². The summed E-state index contributed by atoms with van der Waals surface area (Å²) >= 11 is 0. The maximum absolute atomic E-state index is 2.41. The van der Waals surface area contributed by atoms with Gasteiger partial charge >= 0.3 is 0 Å². The maximum atomic E-state index is 2.41. The number of hydrogen-bond acceptors (Lipinski definition) is 1. The molecule has 0 saturated heterocycles. The van der Waals surface area contributed by atoms with E-state index in [1.807, 2.05) is 0 Å². The molecule has 0 radical (unpaired) electrons. The molecule has 0 saturated carbocycles. The van der Waals surface area contributed by atoms with Gasteiger partial charge in [-0.05, 0) is 98.2 Å². The van der Waals surface area contributed by atoms with Crippen molar-refractivity contribution in [1.82, 2.24) is 0 Å². The van der Waals surface area contributed by atoms with E-state index in [0.29, 0.717) is 0 Å². The van der Waals surface area contributed by atoms with Gasteiger partial charge in [-0.15, -0.1) is 0 Å². The fraction of sp³-hybridized carbons (Fsp3) is 0.0435. The molecule has 0 heterocycles. The average Bonchev–Trinajstić information content (AvgIpc) is 3.43. The molecule has 1 atom stereocenters. The number of fused-ring (bicyclic) bond motifs is 6. The van der Waals surface area contributed by atoms with Gasteiger partial charge in [-0.2, -0.15) is 0 Å². The Hall–Kier alpha value is -5.92. The van der Waals surface area contributed by atoms with E-state index >= 15 is 0 Å².